The number of hydrogen-bond acceptors (Lipinski definition) is 4. The summed E-state index contributed by atoms with van der Waals surface area (Å²) in [6.07, 6.45) is 0. The van der Waals surface area contributed by atoms with E-state index in [9.17, 15) is 0 Å². The van der Waals surface area contributed by atoms with E-state index < -0.39 is 5.41 Å². The van der Waals surface area contributed by atoms with Crippen LogP contribution in [0, 0.1) is 0 Å². The molecule has 1 spiro atoms. The van der Waals surface area contributed by atoms with Gasteiger partial charge in [0.1, 0.15) is 0 Å². The number of pyridine rings is 1. The minimum Gasteiger partial charge on any atom is -0.247 e. The standard InChI is InChI=1S/C60H37N3S/c1-4-17-38(18-5-1)41-23-16-24-42(35-41)53-37-54(63-59(62-53)40-21-8-3-9-22-40)43-31-34-52-47(36-43)56-46(57(61-52)39-19-6-2-7-20-39)32-33-51-58(56)64-55-30-15-14-29-50(55)60(51)48-27-12-10-25-44(48)45-26-11-13-28-49(45)60/h1-37H. The third-order valence-corrected chi connectivity index (χ3v) is 14.3. The SMILES string of the molecule is c1ccc(-c2cccc(-c3cc(-c4ccc5nc(-c6ccccc6)c6ccc7c(c6c5c4)Sc4ccccc4C74c5ccccc5-c5ccccc54)nc(-c4ccccc4)n3)c2)cc1. The van der Waals surface area contributed by atoms with E-state index in [0.29, 0.717) is 5.82 Å². The lowest BCUT2D eigenvalue weighted by Crippen LogP contribution is -2.32. The predicted molar refractivity (Wildman–Crippen MR) is 263 cm³/mol. The Kier molecular flexibility index (Phi) is 8.37. The second-order valence-corrected chi connectivity index (χ2v) is 17.7. The summed E-state index contributed by atoms with van der Waals surface area (Å²) in [6, 6.07) is 80.8. The molecule has 0 atom stereocenters. The van der Waals surface area contributed by atoms with Gasteiger partial charge in [0, 0.05) is 48.2 Å². The van der Waals surface area contributed by atoms with Gasteiger partial charge in [-0.3, -0.25) is 0 Å². The lowest BCUT2D eigenvalue weighted by atomic mass is 9.67. The maximum absolute atomic E-state index is 5.49. The molecular weight excluding hydrogens is 795 g/mol. The normalized spacial score (nSPS) is 13.1. The summed E-state index contributed by atoms with van der Waals surface area (Å²) in [6.45, 7) is 0. The molecule has 0 bridgehead atoms. The molecule has 2 aliphatic rings. The Morgan fingerprint density at radius 1 is 0.344 bits per heavy atom. The van der Waals surface area contributed by atoms with Crippen molar-refractivity contribution >= 4 is 33.4 Å². The zero-order chi connectivity index (χ0) is 42.2. The van der Waals surface area contributed by atoms with E-state index in [1.54, 1.807) is 0 Å². The topological polar surface area (TPSA) is 38.7 Å². The highest BCUT2D eigenvalue weighted by molar-refractivity contribution is 7.99. The summed E-state index contributed by atoms with van der Waals surface area (Å²) in [7, 11) is 0. The minimum atomic E-state index is -0.501. The lowest BCUT2D eigenvalue weighted by Gasteiger charge is -2.40. The molecule has 0 amide bonds. The van der Waals surface area contributed by atoms with Gasteiger partial charge in [-0.2, -0.15) is 0 Å². The van der Waals surface area contributed by atoms with Crippen molar-refractivity contribution in [2.45, 2.75) is 15.2 Å². The monoisotopic (exact) mass is 831 g/mol. The van der Waals surface area contributed by atoms with Crippen molar-refractivity contribution in [2.24, 2.45) is 0 Å². The van der Waals surface area contributed by atoms with Gasteiger partial charge in [0.25, 0.3) is 0 Å². The molecule has 0 saturated carbocycles. The molecule has 1 aliphatic carbocycles. The molecule has 3 nitrogen and oxygen atoms in total. The molecule has 0 saturated heterocycles. The maximum atomic E-state index is 5.49. The average Bonchev–Trinajstić information content (AvgIpc) is 3.67. The molecule has 64 heavy (non-hydrogen) atoms. The zero-order valence-corrected chi connectivity index (χ0v) is 35.4. The van der Waals surface area contributed by atoms with Crippen LogP contribution in [0.5, 0.6) is 0 Å². The van der Waals surface area contributed by atoms with Gasteiger partial charge in [0.15, 0.2) is 5.82 Å². The Balaban J connectivity index is 1.10. The first-order valence-corrected chi connectivity index (χ1v) is 22.6. The molecule has 3 heterocycles. The highest BCUT2D eigenvalue weighted by Gasteiger charge is 2.50. The molecule has 11 aromatic rings. The summed E-state index contributed by atoms with van der Waals surface area (Å²) >= 11 is 1.89. The van der Waals surface area contributed by atoms with Gasteiger partial charge in [-0.05, 0) is 74.8 Å². The number of benzene rings is 9. The molecule has 0 fully saturated rings. The summed E-state index contributed by atoms with van der Waals surface area (Å²) in [5.74, 6) is 0.686. The Morgan fingerprint density at radius 2 is 0.906 bits per heavy atom. The average molecular weight is 832 g/mol. The van der Waals surface area contributed by atoms with Crippen molar-refractivity contribution in [3.8, 4) is 67.4 Å². The molecule has 13 rings (SSSR count). The van der Waals surface area contributed by atoms with Crippen molar-refractivity contribution in [2.75, 3.05) is 0 Å². The first kappa shape index (κ1) is 36.7. The van der Waals surface area contributed by atoms with Gasteiger partial charge >= 0.3 is 0 Å². The number of rotatable bonds is 5. The van der Waals surface area contributed by atoms with Gasteiger partial charge < -0.3 is 0 Å². The first-order valence-electron chi connectivity index (χ1n) is 21.8. The highest BCUT2D eigenvalue weighted by Crippen LogP contribution is 2.63. The number of hydrogen-bond donors (Lipinski definition) is 0. The molecular formula is C60H37N3S. The molecule has 0 unspecified atom stereocenters. The fourth-order valence-electron chi connectivity index (χ4n) is 10.3. The van der Waals surface area contributed by atoms with Crippen LogP contribution in [0.3, 0.4) is 0 Å². The number of nitrogens with zero attached hydrogens (tertiary/aromatic N) is 3. The third kappa shape index (κ3) is 5.59. The summed E-state index contributed by atoms with van der Waals surface area (Å²) in [5.41, 5.74) is 17.4. The Morgan fingerprint density at radius 3 is 1.61 bits per heavy atom. The summed E-state index contributed by atoms with van der Waals surface area (Å²) in [5, 5.41) is 3.43. The first-order chi connectivity index (χ1) is 31.7. The van der Waals surface area contributed by atoms with Crippen LogP contribution in [-0.2, 0) is 5.41 Å². The van der Waals surface area contributed by atoms with Crippen LogP contribution in [0.2, 0.25) is 0 Å². The molecule has 2 aromatic heterocycles. The molecule has 0 N–H and O–H groups in total. The fraction of sp³-hybridized carbons (Fsp3) is 0.0167. The zero-order valence-electron chi connectivity index (χ0n) is 34.6. The Hall–Kier alpha value is -7.92. The van der Waals surface area contributed by atoms with E-state index in [0.717, 1.165) is 61.2 Å². The number of aromatic nitrogens is 3. The molecule has 9 aromatic carbocycles. The molecule has 1 aliphatic heterocycles. The van der Waals surface area contributed by atoms with E-state index in [1.807, 2.05) is 30.0 Å². The van der Waals surface area contributed by atoms with Crippen molar-refractivity contribution < 1.29 is 0 Å². The fourth-order valence-corrected chi connectivity index (χ4v) is 11.7. The Bertz CT molecular complexity index is 3590. The van der Waals surface area contributed by atoms with Crippen LogP contribution >= 0.6 is 11.8 Å². The van der Waals surface area contributed by atoms with Crippen molar-refractivity contribution in [1.82, 2.24) is 15.0 Å². The quantitative estimate of drug-likeness (QED) is 0.162. The van der Waals surface area contributed by atoms with Gasteiger partial charge in [-0.15, -0.1) is 0 Å². The van der Waals surface area contributed by atoms with Gasteiger partial charge in [-0.1, -0.05) is 206 Å². The van der Waals surface area contributed by atoms with E-state index in [-0.39, 0.29) is 0 Å². The van der Waals surface area contributed by atoms with Gasteiger partial charge in [0.2, 0.25) is 0 Å². The molecule has 298 valence electrons. The van der Waals surface area contributed by atoms with Gasteiger partial charge in [-0.25, -0.2) is 15.0 Å². The predicted octanol–water partition coefficient (Wildman–Crippen LogP) is 15.3. The van der Waals surface area contributed by atoms with Crippen molar-refractivity contribution in [3.05, 3.63) is 247 Å². The smallest absolute Gasteiger partial charge is 0.160 e. The Labute approximate surface area is 375 Å². The van der Waals surface area contributed by atoms with Crippen molar-refractivity contribution in [3.63, 3.8) is 0 Å². The third-order valence-electron chi connectivity index (χ3n) is 13.1. The van der Waals surface area contributed by atoms with Crippen LogP contribution in [0.25, 0.3) is 89.1 Å². The van der Waals surface area contributed by atoms with Gasteiger partial charge in [0.05, 0.1) is 28.0 Å². The van der Waals surface area contributed by atoms with Crippen LogP contribution in [0.1, 0.15) is 22.3 Å². The molecule has 4 heteroatoms. The summed E-state index contributed by atoms with van der Waals surface area (Å²) < 4.78 is 0. The van der Waals surface area contributed by atoms with E-state index in [2.05, 4.69) is 206 Å². The van der Waals surface area contributed by atoms with Crippen LogP contribution in [0.4, 0.5) is 0 Å². The van der Waals surface area contributed by atoms with E-state index in [1.165, 1.54) is 54.1 Å². The van der Waals surface area contributed by atoms with Crippen LogP contribution < -0.4 is 0 Å². The summed E-state index contributed by atoms with van der Waals surface area (Å²) in [4.78, 5) is 18.6. The minimum absolute atomic E-state index is 0.501. The number of fused-ring (bicyclic) bond motifs is 13. The molecule has 0 radical (unpaired) electrons. The lowest BCUT2D eigenvalue weighted by molar-refractivity contribution is 0.726. The second-order valence-electron chi connectivity index (χ2n) is 16.6. The van der Waals surface area contributed by atoms with Crippen molar-refractivity contribution in [1.29, 1.82) is 0 Å². The van der Waals surface area contributed by atoms with E-state index in [4.69, 9.17) is 15.0 Å². The second kappa shape index (κ2) is 14.6. The maximum Gasteiger partial charge on any atom is 0.160 e. The van der Waals surface area contributed by atoms with Crippen LogP contribution in [0.15, 0.2) is 234 Å². The van der Waals surface area contributed by atoms with E-state index >= 15 is 0 Å². The largest absolute Gasteiger partial charge is 0.247 e. The van der Waals surface area contributed by atoms with Crippen LogP contribution in [-0.4, -0.2) is 15.0 Å². The highest BCUT2D eigenvalue weighted by atomic mass is 32.2.